The van der Waals surface area contributed by atoms with Crippen molar-refractivity contribution in [1.29, 1.82) is 0 Å². The Morgan fingerprint density at radius 1 is 1.08 bits per heavy atom. The zero-order valence-corrected chi connectivity index (χ0v) is 20.7. The third kappa shape index (κ3) is 4.26. The first kappa shape index (κ1) is 23.6. The van der Waals surface area contributed by atoms with E-state index in [9.17, 15) is 13.3 Å². The quantitative estimate of drug-likeness (QED) is 0.330. The van der Waals surface area contributed by atoms with Crippen molar-refractivity contribution in [2.75, 3.05) is 49.6 Å². The van der Waals surface area contributed by atoms with Crippen molar-refractivity contribution < 1.29 is 17.8 Å². The number of nitrogens with zero attached hydrogens (tertiary/aromatic N) is 8. The van der Waals surface area contributed by atoms with Gasteiger partial charge < -0.3 is 19.6 Å². The minimum absolute atomic E-state index is 0.00854. The van der Waals surface area contributed by atoms with Crippen molar-refractivity contribution in [2.45, 2.75) is 11.4 Å². The molecule has 0 unspecified atom stereocenters. The molecule has 1 aliphatic heterocycles. The average Bonchev–Trinajstić information content (AvgIpc) is 3.63. The summed E-state index contributed by atoms with van der Waals surface area (Å²) in [5.74, 6) is -0.310. The van der Waals surface area contributed by atoms with E-state index in [1.165, 1.54) is 16.8 Å². The number of piperazine rings is 1. The Morgan fingerprint density at radius 3 is 2.62 bits per heavy atom. The van der Waals surface area contributed by atoms with Crippen molar-refractivity contribution in [3.63, 3.8) is 0 Å². The summed E-state index contributed by atoms with van der Waals surface area (Å²) >= 11 is -1.54. The van der Waals surface area contributed by atoms with Crippen molar-refractivity contribution in [1.82, 2.24) is 34.3 Å². The standard InChI is InChI=1S/C23H23F2N9O2S/c1-37(35)19-12-17(15(24)11-16(19)25)32-7-4-31(5-8-32)6-9-33-21-14(13-27-33)22-28-20(18-3-2-10-36-18)30-34(22)23(26)29-21/h2-3,10-13H,4-9H2,1H3,(H2,26,29)/t37-/m0/s1. The molecule has 0 bridgehead atoms. The van der Waals surface area contributed by atoms with Gasteiger partial charge in [0.05, 0.1) is 30.1 Å². The van der Waals surface area contributed by atoms with E-state index >= 15 is 0 Å². The van der Waals surface area contributed by atoms with Gasteiger partial charge in [-0.3, -0.25) is 4.90 Å². The number of halogens is 2. The van der Waals surface area contributed by atoms with Gasteiger partial charge in [0, 0.05) is 44.9 Å². The maximum atomic E-state index is 14.4. The zero-order chi connectivity index (χ0) is 25.7. The van der Waals surface area contributed by atoms with Crippen molar-refractivity contribution in [2.24, 2.45) is 0 Å². The molecule has 0 amide bonds. The highest BCUT2D eigenvalue weighted by molar-refractivity contribution is 7.90. The molecule has 11 nitrogen and oxygen atoms in total. The Bertz CT molecular complexity index is 1580. The van der Waals surface area contributed by atoms with Gasteiger partial charge in [-0.25, -0.2) is 18.4 Å². The Hall–Kier alpha value is -3.75. The number of anilines is 2. The zero-order valence-electron chi connectivity index (χ0n) is 19.8. The SMILES string of the molecule is C[S@+]([O-])c1cc(N2CCN(CCn3ncc4c3nc(N)n3nc(-c5ccco5)nc43)CC2)c(F)cc1F. The van der Waals surface area contributed by atoms with E-state index in [0.29, 0.717) is 62.1 Å². The third-order valence-electron chi connectivity index (χ3n) is 6.49. The summed E-state index contributed by atoms with van der Waals surface area (Å²) in [6.45, 7) is 3.72. The minimum atomic E-state index is -1.54. The maximum absolute atomic E-state index is 14.4. The smallest absolute Gasteiger partial charge is 0.225 e. The van der Waals surface area contributed by atoms with Crippen molar-refractivity contribution in [3.8, 4) is 11.6 Å². The lowest BCUT2D eigenvalue weighted by atomic mass is 10.2. The summed E-state index contributed by atoms with van der Waals surface area (Å²) in [6, 6.07) is 5.69. The van der Waals surface area contributed by atoms with Gasteiger partial charge in [0.2, 0.25) is 11.8 Å². The van der Waals surface area contributed by atoms with Gasteiger partial charge >= 0.3 is 0 Å². The number of furan rings is 1. The second kappa shape index (κ2) is 9.28. The van der Waals surface area contributed by atoms with E-state index in [1.807, 2.05) is 4.90 Å². The number of hydrogen-bond acceptors (Lipinski definition) is 9. The molecule has 1 aromatic carbocycles. The predicted molar refractivity (Wildman–Crippen MR) is 134 cm³/mol. The molecule has 14 heteroatoms. The molecular weight excluding hydrogens is 504 g/mol. The summed E-state index contributed by atoms with van der Waals surface area (Å²) < 4.78 is 48.8. The Labute approximate surface area is 212 Å². The fraction of sp³-hybridized carbons (Fsp3) is 0.304. The van der Waals surface area contributed by atoms with Crippen LogP contribution in [0.1, 0.15) is 0 Å². The highest BCUT2D eigenvalue weighted by Gasteiger charge is 2.24. The van der Waals surface area contributed by atoms with Crippen molar-refractivity contribution in [3.05, 3.63) is 48.4 Å². The summed E-state index contributed by atoms with van der Waals surface area (Å²) in [4.78, 5) is 13.2. The van der Waals surface area contributed by atoms with Crippen molar-refractivity contribution >= 4 is 39.5 Å². The molecule has 0 aliphatic carbocycles. The highest BCUT2D eigenvalue weighted by Crippen LogP contribution is 2.27. The number of fused-ring (bicyclic) bond motifs is 3. The molecule has 192 valence electrons. The van der Waals surface area contributed by atoms with E-state index in [-0.39, 0.29) is 16.5 Å². The molecule has 1 atom stereocenters. The molecule has 5 heterocycles. The van der Waals surface area contributed by atoms with E-state index < -0.39 is 22.8 Å². The predicted octanol–water partition coefficient (Wildman–Crippen LogP) is 2.15. The van der Waals surface area contributed by atoms with Crippen LogP contribution >= 0.6 is 0 Å². The molecule has 1 aliphatic rings. The first-order chi connectivity index (χ1) is 17.9. The Kier molecular flexibility index (Phi) is 5.93. The molecule has 4 aromatic heterocycles. The topological polar surface area (TPSA) is 130 Å². The van der Waals surface area contributed by atoms with Gasteiger partial charge in [0.1, 0.15) is 12.1 Å². The molecule has 0 saturated carbocycles. The first-order valence-electron chi connectivity index (χ1n) is 11.6. The van der Waals surface area contributed by atoms with Crippen LogP contribution in [-0.4, -0.2) is 77.8 Å². The monoisotopic (exact) mass is 527 g/mol. The van der Waals surface area contributed by atoms with Crippen LogP contribution in [0.4, 0.5) is 20.4 Å². The van der Waals surface area contributed by atoms with Crippen LogP contribution in [0.5, 0.6) is 0 Å². The number of nitrogen functional groups attached to an aromatic ring is 1. The van der Waals surface area contributed by atoms with Crippen LogP contribution in [0.15, 0.2) is 46.0 Å². The van der Waals surface area contributed by atoms with E-state index in [1.54, 1.807) is 29.3 Å². The van der Waals surface area contributed by atoms with Gasteiger partial charge in [-0.1, -0.05) is 0 Å². The number of rotatable bonds is 6. The minimum Gasteiger partial charge on any atom is -0.612 e. The normalized spacial score (nSPS) is 15.7. The summed E-state index contributed by atoms with van der Waals surface area (Å²) in [7, 11) is 0. The third-order valence-corrected chi connectivity index (χ3v) is 7.42. The second-order valence-electron chi connectivity index (χ2n) is 8.74. The van der Waals surface area contributed by atoms with Crippen LogP contribution < -0.4 is 10.6 Å². The van der Waals surface area contributed by atoms with Gasteiger partial charge in [-0.2, -0.15) is 14.6 Å². The van der Waals surface area contributed by atoms with E-state index in [0.717, 1.165) is 11.5 Å². The maximum Gasteiger partial charge on any atom is 0.225 e. The number of hydrogen-bond donors (Lipinski definition) is 1. The van der Waals surface area contributed by atoms with Crippen LogP contribution in [0, 0.1) is 11.6 Å². The Morgan fingerprint density at radius 2 is 1.89 bits per heavy atom. The summed E-state index contributed by atoms with van der Waals surface area (Å²) in [6.07, 6.45) is 4.63. The van der Waals surface area contributed by atoms with Crippen LogP contribution in [-0.2, 0) is 17.7 Å². The fourth-order valence-corrected chi connectivity index (χ4v) is 5.17. The van der Waals surface area contributed by atoms with Crippen LogP contribution in [0.25, 0.3) is 28.3 Å². The molecular formula is C23H23F2N9O2S. The lowest BCUT2D eigenvalue weighted by molar-refractivity contribution is 0.245. The molecule has 0 spiro atoms. The number of aromatic nitrogens is 6. The lowest BCUT2D eigenvalue weighted by Crippen LogP contribution is -2.47. The molecule has 1 saturated heterocycles. The van der Waals surface area contributed by atoms with Gasteiger partial charge in [0.15, 0.2) is 27.8 Å². The molecule has 37 heavy (non-hydrogen) atoms. The Balaban J connectivity index is 1.15. The van der Waals surface area contributed by atoms with E-state index in [2.05, 4.69) is 25.1 Å². The van der Waals surface area contributed by atoms with Gasteiger partial charge in [0.25, 0.3) is 0 Å². The van der Waals surface area contributed by atoms with Gasteiger partial charge in [-0.15, -0.1) is 5.10 Å². The van der Waals surface area contributed by atoms with Crippen LogP contribution in [0.2, 0.25) is 0 Å². The molecule has 6 rings (SSSR count). The van der Waals surface area contributed by atoms with Gasteiger partial charge in [-0.05, 0) is 23.3 Å². The molecule has 1 fully saturated rings. The fourth-order valence-electron chi connectivity index (χ4n) is 4.56. The first-order valence-corrected chi connectivity index (χ1v) is 13.2. The largest absolute Gasteiger partial charge is 0.612 e. The van der Waals surface area contributed by atoms with E-state index in [4.69, 9.17) is 10.2 Å². The summed E-state index contributed by atoms with van der Waals surface area (Å²) in [5.41, 5.74) is 7.59. The summed E-state index contributed by atoms with van der Waals surface area (Å²) in [5, 5.41) is 9.62. The molecule has 2 N–H and O–H groups in total. The average molecular weight is 528 g/mol. The second-order valence-corrected chi connectivity index (χ2v) is 10.1. The number of benzene rings is 1. The lowest BCUT2D eigenvalue weighted by Gasteiger charge is -2.36. The molecule has 0 radical (unpaired) electrons. The highest BCUT2D eigenvalue weighted by atomic mass is 32.2. The molecule has 5 aromatic rings. The number of nitrogens with two attached hydrogens (primary N) is 1. The van der Waals surface area contributed by atoms with Crippen LogP contribution in [0.3, 0.4) is 0 Å².